The third-order valence-corrected chi connectivity index (χ3v) is 2.67. The number of ketones is 1. The molecular formula is C9H10O3S. The van der Waals surface area contributed by atoms with Gasteiger partial charge in [-0.25, -0.2) is 4.79 Å². The lowest BCUT2D eigenvalue weighted by molar-refractivity contribution is 0.0702. The number of Topliss-reactive ketones (excluding diaryl/α,β-unsaturated/α-hetero) is 1. The molecule has 0 aliphatic rings. The summed E-state index contributed by atoms with van der Waals surface area (Å²) in [5.41, 5.74) is 0. The maximum atomic E-state index is 11.4. The van der Waals surface area contributed by atoms with E-state index in [1.807, 2.05) is 0 Å². The Morgan fingerprint density at radius 3 is 2.23 bits per heavy atom. The maximum absolute atomic E-state index is 11.4. The van der Waals surface area contributed by atoms with Crippen molar-refractivity contribution in [3.63, 3.8) is 0 Å². The minimum Gasteiger partial charge on any atom is -0.477 e. The van der Waals surface area contributed by atoms with E-state index in [2.05, 4.69) is 0 Å². The number of carbonyl (C=O) groups excluding carboxylic acids is 1. The molecule has 0 spiro atoms. The highest BCUT2D eigenvalue weighted by Gasteiger charge is 2.15. The van der Waals surface area contributed by atoms with Gasteiger partial charge in [0.1, 0.15) is 4.88 Å². The Morgan fingerprint density at radius 2 is 1.85 bits per heavy atom. The molecule has 0 saturated carbocycles. The first kappa shape index (κ1) is 9.92. The lowest BCUT2D eigenvalue weighted by Gasteiger charge is -1.98. The Labute approximate surface area is 80.0 Å². The minimum atomic E-state index is -0.979. The van der Waals surface area contributed by atoms with E-state index in [-0.39, 0.29) is 16.6 Å². The van der Waals surface area contributed by atoms with Crippen LogP contribution in [0.5, 0.6) is 0 Å². The predicted octanol–water partition coefficient (Wildman–Crippen LogP) is 2.29. The van der Waals surface area contributed by atoms with Gasteiger partial charge in [0.2, 0.25) is 0 Å². The molecule has 0 aliphatic carbocycles. The van der Waals surface area contributed by atoms with E-state index in [1.54, 1.807) is 19.9 Å². The van der Waals surface area contributed by atoms with E-state index in [1.165, 1.54) is 6.07 Å². The van der Waals surface area contributed by atoms with Gasteiger partial charge in [-0.1, -0.05) is 13.8 Å². The molecule has 1 N–H and O–H groups in total. The quantitative estimate of drug-likeness (QED) is 0.758. The van der Waals surface area contributed by atoms with Crippen LogP contribution in [0.3, 0.4) is 0 Å². The van der Waals surface area contributed by atoms with E-state index in [9.17, 15) is 9.59 Å². The summed E-state index contributed by atoms with van der Waals surface area (Å²) in [5.74, 6) is -1.06. The minimum absolute atomic E-state index is 0.00231. The van der Waals surface area contributed by atoms with Gasteiger partial charge in [0.25, 0.3) is 0 Å². The summed E-state index contributed by atoms with van der Waals surface area (Å²) in [7, 11) is 0. The van der Waals surface area contributed by atoms with Crippen LogP contribution in [0.25, 0.3) is 0 Å². The van der Waals surface area contributed by atoms with E-state index in [0.29, 0.717) is 4.88 Å². The molecule has 0 amide bonds. The van der Waals surface area contributed by atoms with Crippen molar-refractivity contribution in [2.24, 2.45) is 5.92 Å². The fraction of sp³-hybridized carbons (Fsp3) is 0.333. The highest BCUT2D eigenvalue weighted by Crippen LogP contribution is 2.19. The van der Waals surface area contributed by atoms with Gasteiger partial charge >= 0.3 is 5.97 Å². The number of thiophene rings is 1. The maximum Gasteiger partial charge on any atom is 0.345 e. The lowest BCUT2D eigenvalue weighted by Crippen LogP contribution is -2.04. The summed E-state index contributed by atoms with van der Waals surface area (Å²) >= 11 is 1.03. The van der Waals surface area contributed by atoms with Gasteiger partial charge in [-0.2, -0.15) is 0 Å². The van der Waals surface area contributed by atoms with Gasteiger partial charge in [0.05, 0.1) is 4.88 Å². The Balaban J connectivity index is 2.92. The van der Waals surface area contributed by atoms with Gasteiger partial charge in [0, 0.05) is 5.92 Å². The first-order valence-electron chi connectivity index (χ1n) is 3.89. The molecule has 0 atom stereocenters. The first-order valence-corrected chi connectivity index (χ1v) is 4.71. The van der Waals surface area contributed by atoms with Gasteiger partial charge in [-0.05, 0) is 12.1 Å². The largest absolute Gasteiger partial charge is 0.477 e. The van der Waals surface area contributed by atoms with Crippen molar-refractivity contribution in [1.82, 2.24) is 0 Å². The van der Waals surface area contributed by atoms with Gasteiger partial charge in [-0.15, -0.1) is 11.3 Å². The van der Waals surface area contributed by atoms with Crippen molar-refractivity contribution in [2.75, 3.05) is 0 Å². The van der Waals surface area contributed by atoms with Gasteiger partial charge in [-0.3, -0.25) is 4.79 Å². The lowest BCUT2D eigenvalue weighted by atomic mass is 10.1. The van der Waals surface area contributed by atoms with E-state index >= 15 is 0 Å². The van der Waals surface area contributed by atoms with Crippen LogP contribution in [0.2, 0.25) is 0 Å². The van der Waals surface area contributed by atoms with Crippen molar-refractivity contribution in [1.29, 1.82) is 0 Å². The number of rotatable bonds is 3. The summed E-state index contributed by atoms with van der Waals surface area (Å²) in [5, 5.41) is 8.62. The molecule has 1 aromatic rings. The molecule has 1 aromatic heterocycles. The Kier molecular flexibility index (Phi) is 2.83. The number of hydrogen-bond acceptors (Lipinski definition) is 3. The molecule has 1 rings (SSSR count). The highest BCUT2D eigenvalue weighted by atomic mass is 32.1. The summed E-state index contributed by atoms with van der Waals surface area (Å²) in [4.78, 5) is 22.6. The van der Waals surface area contributed by atoms with E-state index < -0.39 is 5.97 Å². The summed E-state index contributed by atoms with van der Waals surface area (Å²) < 4.78 is 0. The second kappa shape index (κ2) is 3.70. The fourth-order valence-corrected chi connectivity index (χ4v) is 1.80. The summed E-state index contributed by atoms with van der Waals surface area (Å²) in [6, 6.07) is 3.03. The number of carboxylic acid groups (broad SMARTS) is 1. The Bertz CT molecular complexity index is 338. The van der Waals surface area contributed by atoms with Crippen LogP contribution < -0.4 is 0 Å². The summed E-state index contributed by atoms with van der Waals surface area (Å²) in [6.45, 7) is 3.59. The topological polar surface area (TPSA) is 54.4 Å². The predicted molar refractivity (Wildman–Crippen MR) is 50.4 cm³/mol. The molecular weight excluding hydrogens is 188 g/mol. The fourth-order valence-electron chi connectivity index (χ4n) is 0.870. The zero-order valence-corrected chi connectivity index (χ0v) is 8.22. The third kappa shape index (κ3) is 2.15. The number of aromatic carboxylic acids is 1. The Morgan fingerprint density at radius 1 is 1.31 bits per heavy atom. The second-order valence-electron chi connectivity index (χ2n) is 2.99. The van der Waals surface area contributed by atoms with Crippen LogP contribution in [0.15, 0.2) is 12.1 Å². The molecule has 1 heterocycles. The zero-order valence-electron chi connectivity index (χ0n) is 7.40. The van der Waals surface area contributed by atoms with Crippen molar-refractivity contribution in [3.8, 4) is 0 Å². The smallest absolute Gasteiger partial charge is 0.345 e. The van der Waals surface area contributed by atoms with Gasteiger partial charge < -0.3 is 5.11 Å². The van der Waals surface area contributed by atoms with Crippen molar-refractivity contribution < 1.29 is 14.7 Å². The monoisotopic (exact) mass is 198 g/mol. The zero-order chi connectivity index (χ0) is 10.0. The molecule has 4 heteroatoms. The normalized spacial score (nSPS) is 10.4. The van der Waals surface area contributed by atoms with Crippen molar-refractivity contribution in [3.05, 3.63) is 21.9 Å². The molecule has 0 aromatic carbocycles. The average molecular weight is 198 g/mol. The SMILES string of the molecule is CC(C)C(=O)c1ccc(C(=O)O)s1. The molecule has 13 heavy (non-hydrogen) atoms. The second-order valence-corrected chi connectivity index (χ2v) is 4.07. The van der Waals surface area contributed by atoms with Crippen LogP contribution in [0, 0.1) is 5.92 Å². The molecule has 0 radical (unpaired) electrons. The molecule has 0 unspecified atom stereocenters. The molecule has 0 aliphatic heterocycles. The van der Waals surface area contributed by atoms with Crippen LogP contribution in [-0.4, -0.2) is 16.9 Å². The number of carbonyl (C=O) groups is 2. The van der Waals surface area contributed by atoms with E-state index in [0.717, 1.165) is 11.3 Å². The number of hydrogen-bond donors (Lipinski definition) is 1. The molecule has 70 valence electrons. The van der Waals surface area contributed by atoms with Crippen LogP contribution in [0.1, 0.15) is 33.2 Å². The van der Waals surface area contributed by atoms with E-state index in [4.69, 9.17) is 5.11 Å². The summed E-state index contributed by atoms with van der Waals surface area (Å²) in [6.07, 6.45) is 0. The van der Waals surface area contributed by atoms with Crippen LogP contribution in [-0.2, 0) is 0 Å². The van der Waals surface area contributed by atoms with Crippen molar-refractivity contribution in [2.45, 2.75) is 13.8 Å². The van der Waals surface area contributed by atoms with Crippen LogP contribution >= 0.6 is 11.3 Å². The average Bonchev–Trinajstić information content (AvgIpc) is 2.50. The van der Waals surface area contributed by atoms with Crippen LogP contribution in [0.4, 0.5) is 0 Å². The molecule has 0 saturated heterocycles. The number of carboxylic acids is 1. The van der Waals surface area contributed by atoms with Crippen molar-refractivity contribution >= 4 is 23.1 Å². The highest BCUT2D eigenvalue weighted by molar-refractivity contribution is 7.15. The standard InChI is InChI=1S/C9H10O3S/c1-5(2)8(10)6-3-4-7(13-6)9(11)12/h3-5H,1-2H3,(H,11,12). The first-order chi connectivity index (χ1) is 6.02. The molecule has 0 bridgehead atoms. The Hall–Kier alpha value is -1.16. The van der Waals surface area contributed by atoms with Gasteiger partial charge in [0.15, 0.2) is 5.78 Å². The third-order valence-electron chi connectivity index (χ3n) is 1.58. The molecule has 3 nitrogen and oxygen atoms in total. The molecule has 0 fully saturated rings.